The summed E-state index contributed by atoms with van der Waals surface area (Å²) in [4.78, 5) is 0. The molecular weight excluding hydrogens is 356 g/mol. The Hall–Kier alpha value is -1.58. The molecule has 2 N–H and O–H groups in total. The number of phenols is 1. The maximum Gasteiger partial charge on any atom is 0.115 e. The fraction of sp³-hybridized carbons (Fsp3) is 0.615. The summed E-state index contributed by atoms with van der Waals surface area (Å²) in [5.41, 5.74) is 3.75. The molecule has 0 saturated heterocycles. The Morgan fingerprint density at radius 2 is 1.31 bits per heavy atom. The zero-order valence-electron chi connectivity index (χ0n) is 18.3. The fourth-order valence-corrected chi connectivity index (χ4v) is 4.05. The largest absolute Gasteiger partial charge is 0.508 e. The van der Waals surface area contributed by atoms with Gasteiger partial charge in [0.05, 0.1) is 0 Å². The molecule has 3 rings (SSSR count). The van der Waals surface area contributed by atoms with E-state index in [0.29, 0.717) is 5.75 Å². The molecule has 0 bridgehead atoms. The predicted octanol–water partition coefficient (Wildman–Crippen LogP) is 6.76. The Kier molecular flexibility index (Phi) is 13.3. The van der Waals surface area contributed by atoms with Crippen LogP contribution in [0.5, 0.6) is 5.75 Å². The van der Waals surface area contributed by atoms with Crippen LogP contribution in [-0.4, -0.2) is 29.2 Å². The van der Waals surface area contributed by atoms with Gasteiger partial charge in [-0.15, -0.1) is 0 Å². The fourth-order valence-electron chi connectivity index (χ4n) is 4.05. The molecule has 1 atom stereocenters. The first-order valence-corrected chi connectivity index (χ1v) is 11.9. The van der Waals surface area contributed by atoms with E-state index in [9.17, 15) is 0 Å². The lowest BCUT2D eigenvalue weighted by Gasteiger charge is -2.32. The van der Waals surface area contributed by atoms with Crippen molar-refractivity contribution in [3.63, 3.8) is 0 Å². The van der Waals surface area contributed by atoms with Crippen LogP contribution in [0.25, 0.3) is 0 Å². The van der Waals surface area contributed by atoms with Crippen LogP contribution in [0.1, 0.15) is 83.5 Å². The first-order valence-electron chi connectivity index (χ1n) is 11.9. The van der Waals surface area contributed by atoms with Crippen molar-refractivity contribution in [3.05, 3.63) is 54.6 Å². The van der Waals surface area contributed by atoms with Crippen LogP contribution >= 0.6 is 0 Å². The Balaban J connectivity index is 0.000000360. The van der Waals surface area contributed by atoms with Gasteiger partial charge < -0.3 is 5.11 Å². The van der Waals surface area contributed by atoms with Gasteiger partial charge in [0, 0.05) is 19.1 Å². The third-order valence-corrected chi connectivity index (χ3v) is 5.74. The average Bonchev–Trinajstić information content (AvgIpc) is 2.84. The van der Waals surface area contributed by atoms with Crippen LogP contribution in [0, 0.1) is 0 Å². The number of benzene rings is 1. The van der Waals surface area contributed by atoms with Gasteiger partial charge in [-0.3, -0.25) is 5.43 Å². The van der Waals surface area contributed by atoms with Gasteiger partial charge in [0.15, 0.2) is 0 Å². The van der Waals surface area contributed by atoms with E-state index in [0.717, 1.165) is 12.6 Å². The van der Waals surface area contributed by atoms with E-state index in [1.807, 2.05) is 6.07 Å². The SMILES string of the molecule is C1=CCCCC(N2CCCCCC=CCCN2)CCCCC1.Oc1ccccc1. The second kappa shape index (κ2) is 16.2. The van der Waals surface area contributed by atoms with Crippen LogP contribution in [0.3, 0.4) is 0 Å². The summed E-state index contributed by atoms with van der Waals surface area (Å²) in [6.07, 6.45) is 26.9. The van der Waals surface area contributed by atoms with E-state index in [1.54, 1.807) is 24.3 Å². The summed E-state index contributed by atoms with van der Waals surface area (Å²) in [5, 5.41) is 11.2. The molecule has 0 aromatic heterocycles. The molecule has 0 fully saturated rings. The van der Waals surface area contributed by atoms with E-state index < -0.39 is 0 Å². The Labute approximate surface area is 178 Å². The molecule has 1 aromatic carbocycles. The highest BCUT2D eigenvalue weighted by Gasteiger charge is 2.17. The van der Waals surface area contributed by atoms with E-state index in [-0.39, 0.29) is 0 Å². The summed E-state index contributed by atoms with van der Waals surface area (Å²) in [6, 6.07) is 9.46. The number of para-hydroxylation sites is 1. The van der Waals surface area contributed by atoms with Gasteiger partial charge in [0.25, 0.3) is 0 Å². The molecule has 0 saturated carbocycles. The monoisotopic (exact) mass is 398 g/mol. The number of hydrogen-bond acceptors (Lipinski definition) is 3. The van der Waals surface area contributed by atoms with Crippen molar-refractivity contribution in [1.29, 1.82) is 0 Å². The van der Waals surface area contributed by atoms with Crippen molar-refractivity contribution in [2.24, 2.45) is 0 Å². The molecule has 1 aliphatic carbocycles. The maximum absolute atomic E-state index is 8.63. The van der Waals surface area contributed by atoms with Crippen molar-refractivity contribution in [3.8, 4) is 5.75 Å². The molecule has 29 heavy (non-hydrogen) atoms. The molecular formula is C26H42N2O. The van der Waals surface area contributed by atoms with E-state index >= 15 is 0 Å². The minimum absolute atomic E-state index is 0.322. The van der Waals surface area contributed by atoms with Gasteiger partial charge in [-0.25, -0.2) is 5.01 Å². The highest BCUT2D eigenvalue weighted by Crippen LogP contribution is 2.18. The second-order valence-corrected chi connectivity index (χ2v) is 8.24. The number of nitrogens with zero attached hydrogens (tertiary/aromatic N) is 1. The number of allylic oxidation sites excluding steroid dienone is 3. The Bertz CT molecular complexity index is 523. The minimum Gasteiger partial charge on any atom is -0.508 e. The molecule has 2 aliphatic rings. The Morgan fingerprint density at radius 3 is 2.00 bits per heavy atom. The van der Waals surface area contributed by atoms with Crippen molar-refractivity contribution in [2.45, 2.75) is 89.5 Å². The van der Waals surface area contributed by atoms with Gasteiger partial charge in [0.2, 0.25) is 0 Å². The molecule has 3 heteroatoms. The molecule has 3 nitrogen and oxygen atoms in total. The molecule has 0 radical (unpaired) electrons. The van der Waals surface area contributed by atoms with Crippen molar-refractivity contribution >= 4 is 0 Å². The standard InChI is InChI=1S/C20H36N2.C6H6O/c1-2-5-9-13-17-20(16-12-8-4-1)22-19-15-11-7-3-6-10-14-18-21-22;7-6-4-2-1-3-5-6/h1,4,6,10,20-21H,2-3,5,7-9,11-19H2;1-5,7H. The maximum atomic E-state index is 8.63. The van der Waals surface area contributed by atoms with Crippen molar-refractivity contribution < 1.29 is 5.11 Å². The molecule has 1 aromatic rings. The number of nitrogens with one attached hydrogen (secondary N) is 1. The van der Waals surface area contributed by atoms with Crippen LogP contribution in [0.15, 0.2) is 54.6 Å². The van der Waals surface area contributed by atoms with E-state index in [2.05, 4.69) is 34.7 Å². The summed E-state index contributed by atoms with van der Waals surface area (Å²) < 4.78 is 0. The van der Waals surface area contributed by atoms with Gasteiger partial charge in [0.1, 0.15) is 5.75 Å². The number of aromatic hydroxyl groups is 1. The molecule has 1 unspecified atom stereocenters. The predicted molar refractivity (Wildman–Crippen MR) is 125 cm³/mol. The first kappa shape index (κ1) is 23.7. The summed E-state index contributed by atoms with van der Waals surface area (Å²) in [7, 11) is 0. The molecule has 1 heterocycles. The normalized spacial score (nSPS) is 23.1. The third kappa shape index (κ3) is 11.9. The molecule has 1 aliphatic heterocycles. The van der Waals surface area contributed by atoms with Crippen molar-refractivity contribution in [1.82, 2.24) is 10.4 Å². The number of hydrogen-bond donors (Lipinski definition) is 2. The van der Waals surface area contributed by atoms with Gasteiger partial charge in [-0.2, -0.15) is 0 Å². The lowest BCUT2D eigenvalue weighted by atomic mass is 10.0. The number of hydrazine groups is 1. The van der Waals surface area contributed by atoms with E-state index in [1.165, 1.54) is 90.0 Å². The second-order valence-electron chi connectivity index (χ2n) is 8.24. The number of phenolic OH excluding ortho intramolecular Hbond substituents is 1. The topological polar surface area (TPSA) is 35.5 Å². The lowest BCUT2D eigenvalue weighted by Crippen LogP contribution is -2.46. The van der Waals surface area contributed by atoms with Crippen LogP contribution < -0.4 is 5.43 Å². The smallest absolute Gasteiger partial charge is 0.115 e. The zero-order chi connectivity index (χ0) is 20.4. The van der Waals surface area contributed by atoms with E-state index in [4.69, 9.17) is 5.11 Å². The van der Waals surface area contributed by atoms with Gasteiger partial charge >= 0.3 is 0 Å². The summed E-state index contributed by atoms with van der Waals surface area (Å²) >= 11 is 0. The Morgan fingerprint density at radius 1 is 0.690 bits per heavy atom. The highest BCUT2D eigenvalue weighted by atomic mass is 16.3. The first-order chi connectivity index (χ1) is 14.4. The quantitative estimate of drug-likeness (QED) is 0.513. The highest BCUT2D eigenvalue weighted by molar-refractivity contribution is 5.18. The summed E-state index contributed by atoms with van der Waals surface area (Å²) in [6.45, 7) is 2.34. The van der Waals surface area contributed by atoms with Crippen LogP contribution in [-0.2, 0) is 0 Å². The van der Waals surface area contributed by atoms with Crippen LogP contribution in [0.2, 0.25) is 0 Å². The molecule has 0 amide bonds. The molecule has 0 spiro atoms. The summed E-state index contributed by atoms with van der Waals surface area (Å²) in [5.74, 6) is 0.322. The average molecular weight is 399 g/mol. The van der Waals surface area contributed by atoms with Crippen molar-refractivity contribution in [2.75, 3.05) is 13.1 Å². The van der Waals surface area contributed by atoms with Gasteiger partial charge in [-0.1, -0.05) is 61.8 Å². The van der Waals surface area contributed by atoms with Crippen LogP contribution in [0.4, 0.5) is 0 Å². The third-order valence-electron chi connectivity index (χ3n) is 5.74. The number of rotatable bonds is 1. The molecule has 162 valence electrons. The van der Waals surface area contributed by atoms with Gasteiger partial charge in [-0.05, 0) is 76.3 Å². The zero-order valence-corrected chi connectivity index (χ0v) is 18.3. The lowest BCUT2D eigenvalue weighted by molar-refractivity contribution is 0.105. The minimum atomic E-state index is 0.322.